The van der Waals surface area contributed by atoms with Crippen molar-refractivity contribution < 1.29 is 19.5 Å². The van der Waals surface area contributed by atoms with Crippen molar-refractivity contribution in [1.29, 1.82) is 0 Å². The SMILES string of the molecule is C=C1c2ccccc2C(=O)N1CC(=O)N1CCC2(CC1)CC2C(=O)O. The number of carboxylic acids is 1. The van der Waals surface area contributed by atoms with E-state index in [2.05, 4.69) is 6.58 Å². The number of carbonyl (C=O) groups is 3. The van der Waals surface area contributed by atoms with Crippen LogP contribution in [0.5, 0.6) is 0 Å². The van der Waals surface area contributed by atoms with Crippen LogP contribution in [0.2, 0.25) is 0 Å². The Kier molecular flexibility index (Phi) is 3.45. The summed E-state index contributed by atoms with van der Waals surface area (Å²) >= 11 is 0. The van der Waals surface area contributed by atoms with Crippen LogP contribution in [0.1, 0.15) is 35.2 Å². The van der Waals surface area contributed by atoms with Gasteiger partial charge in [0.15, 0.2) is 0 Å². The van der Waals surface area contributed by atoms with E-state index < -0.39 is 5.97 Å². The molecule has 0 aromatic heterocycles. The highest BCUT2D eigenvalue weighted by Crippen LogP contribution is 2.59. The van der Waals surface area contributed by atoms with Crippen molar-refractivity contribution in [2.45, 2.75) is 19.3 Å². The van der Waals surface area contributed by atoms with Crippen LogP contribution in [0.25, 0.3) is 5.70 Å². The van der Waals surface area contributed by atoms with E-state index >= 15 is 0 Å². The van der Waals surface area contributed by atoms with Gasteiger partial charge in [-0.25, -0.2) is 0 Å². The van der Waals surface area contributed by atoms with E-state index in [4.69, 9.17) is 5.11 Å². The molecule has 6 heteroatoms. The lowest BCUT2D eigenvalue weighted by Gasteiger charge is -2.33. The maximum absolute atomic E-state index is 12.6. The Bertz CT molecular complexity index is 757. The Hall–Kier alpha value is -2.63. The number of rotatable bonds is 3. The lowest BCUT2D eigenvalue weighted by molar-refractivity contribution is -0.139. The number of likely N-dealkylation sites (tertiary alicyclic amines) is 1. The van der Waals surface area contributed by atoms with Gasteiger partial charge in [-0.15, -0.1) is 0 Å². The molecule has 4 rings (SSSR count). The summed E-state index contributed by atoms with van der Waals surface area (Å²) in [4.78, 5) is 39.4. The van der Waals surface area contributed by atoms with Gasteiger partial charge in [-0.05, 0) is 30.7 Å². The van der Waals surface area contributed by atoms with E-state index in [1.807, 2.05) is 12.1 Å². The number of nitrogens with zero attached hydrogens (tertiary/aromatic N) is 2. The van der Waals surface area contributed by atoms with Gasteiger partial charge in [0.1, 0.15) is 6.54 Å². The topological polar surface area (TPSA) is 77.9 Å². The number of amides is 2. The minimum Gasteiger partial charge on any atom is -0.481 e. The molecule has 1 aliphatic carbocycles. The van der Waals surface area contributed by atoms with Crippen LogP contribution in [-0.2, 0) is 9.59 Å². The summed E-state index contributed by atoms with van der Waals surface area (Å²) in [5.41, 5.74) is 1.82. The first kappa shape index (κ1) is 15.9. The van der Waals surface area contributed by atoms with Crippen LogP contribution >= 0.6 is 0 Å². The highest BCUT2D eigenvalue weighted by molar-refractivity contribution is 6.10. The summed E-state index contributed by atoms with van der Waals surface area (Å²) in [5.74, 6) is -1.27. The van der Waals surface area contributed by atoms with Gasteiger partial charge in [0.25, 0.3) is 5.91 Å². The predicted molar refractivity (Wildman–Crippen MR) is 90.5 cm³/mol. The summed E-state index contributed by atoms with van der Waals surface area (Å²) in [5, 5.41) is 9.15. The molecule has 1 aromatic rings. The van der Waals surface area contributed by atoms with Crippen molar-refractivity contribution in [2.75, 3.05) is 19.6 Å². The molecule has 0 bridgehead atoms. The van der Waals surface area contributed by atoms with Crippen LogP contribution in [0.15, 0.2) is 30.8 Å². The Morgan fingerprint density at radius 1 is 1.20 bits per heavy atom. The molecule has 2 heterocycles. The zero-order chi connectivity index (χ0) is 17.8. The maximum Gasteiger partial charge on any atom is 0.307 e. The molecule has 1 unspecified atom stereocenters. The molecule has 25 heavy (non-hydrogen) atoms. The van der Waals surface area contributed by atoms with Gasteiger partial charge in [-0.1, -0.05) is 24.8 Å². The van der Waals surface area contributed by atoms with Crippen LogP contribution in [0.3, 0.4) is 0 Å². The predicted octanol–water partition coefficient (Wildman–Crippen LogP) is 1.83. The summed E-state index contributed by atoms with van der Waals surface area (Å²) in [6, 6.07) is 7.23. The molecule has 1 atom stereocenters. The fourth-order valence-corrected chi connectivity index (χ4v) is 4.19. The fraction of sp³-hybridized carbons (Fsp3) is 0.421. The van der Waals surface area contributed by atoms with Gasteiger partial charge in [-0.2, -0.15) is 0 Å². The number of carboxylic acid groups (broad SMARTS) is 1. The van der Waals surface area contributed by atoms with Crippen molar-refractivity contribution in [3.05, 3.63) is 42.0 Å². The molecule has 1 aromatic carbocycles. The summed E-state index contributed by atoms with van der Waals surface area (Å²) in [7, 11) is 0. The second kappa shape index (κ2) is 5.44. The lowest BCUT2D eigenvalue weighted by atomic mass is 9.91. The van der Waals surface area contributed by atoms with Gasteiger partial charge < -0.3 is 10.0 Å². The van der Waals surface area contributed by atoms with Crippen molar-refractivity contribution in [3.63, 3.8) is 0 Å². The molecule has 1 saturated carbocycles. The molecule has 1 N–H and O–H groups in total. The number of piperidine rings is 1. The van der Waals surface area contributed by atoms with E-state index in [1.165, 1.54) is 4.90 Å². The normalized spacial score (nSPS) is 23.8. The largest absolute Gasteiger partial charge is 0.481 e. The number of aliphatic carboxylic acids is 1. The first-order valence-electron chi connectivity index (χ1n) is 8.54. The Morgan fingerprint density at radius 3 is 2.40 bits per heavy atom. The smallest absolute Gasteiger partial charge is 0.307 e. The zero-order valence-electron chi connectivity index (χ0n) is 13.9. The van der Waals surface area contributed by atoms with Crippen molar-refractivity contribution in [2.24, 2.45) is 11.3 Å². The van der Waals surface area contributed by atoms with E-state index in [1.54, 1.807) is 17.0 Å². The van der Waals surface area contributed by atoms with Gasteiger partial charge in [0.2, 0.25) is 5.91 Å². The van der Waals surface area contributed by atoms with Crippen molar-refractivity contribution in [1.82, 2.24) is 9.80 Å². The second-order valence-corrected chi connectivity index (χ2v) is 7.22. The molecule has 0 radical (unpaired) electrons. The molecular formula is C19H20N2O4. The van der Waals surface area contributed by atoms with Gasteiger partial charge in [0, 0.05) is 29.9 Å². The average Bonchev–Trinajstić information content (AvgIpc) is 3.26. The third kappa shape index (κ3) is 2.44. The molecule has 1 spiro atoms. The zero-order valence-corrected chi connectivity index (χ0v) is 13.9. The number of benzene rings is 1. The molecular weight excluding hydrogens is 320 g/mol. The van der Waals surface area contributed by atoms with E-state index in [9.17, 15) is 14.4 Å². The molecule has 6 nitrogen and oxygen atoms in total. The standard InChI is InChI=1S/C19H20N2O4/c1-12-13-4-2-3-5-14(13)17(23)21(12)11-16(22)20-8-6-19(7-9-20)10-15(19)18(24)25/h2-5,15H,1,6-11H2,(H,24,25). The minimum atomic E-state index is -0.725. The molecule has 2 amide bonds. The Morgan fingerprint density at radius 2 is 1.84 bits per heavy atom. The highest BCUT2D eigenvalue weighted by Gasteiger charge is 2.59. The molecule has 1 saturated heterocycles. The summed E-state index contributed by atoms with van der Waals surface area (Å²) in [6.45, 7) is 5.06. The van der Waals surface area contributed by atoms with Crippen LogP contribution in [0, 0.1) is 11.3 Å². The third-order valence-electron chi connectivity index (χ3n) is 5.93. The van der Waals surface area contributed by atoms with Gasteiger partial charge in [0.05, 0.1) is 5.92 Å². The maximum atomic E-state index is 12.6. The minimum absolute atomic E-state index is 0.0122. The van der Waals surface area contributed by atoms with Gasteiger partial charge in [-0.3, -0.25) is 19.3 Å². The number of carbonyl (C=O) groups excluding carboxylic acids is 2. The van der Waals surface area contributed by atoms with Crippen LogP contribution in [0.4, 0.5) is 0 Å². The number of fused-ring (bicyclic) bond motifs is 1. The Balaban J connectivity index is 1.39. The number of hydrogen-bond acceptors (Lipinski definition) is 3. The Labute approximate surface area is 145 Å². The highest BCUT2D eigenvalue weighted by atomic mass is 16.4. The van der Waals surface area contributed by atoms with Crippen molar-refractivity contribution >= 4 is 23.5 Å². The van der Waals surface area contributed by atoms with E-state index in [0.29, 0.717) is 24.4 Å². The summed E-state index contributed by atoms with van der Waals surface area (Å²) in [6.07, 6.45) is 2.18. The van der Waals surface area contributed by atoms with Crippen molar-refractivity contribution in [3.8, 4) is 0 Å². The third-order valence-corrected chi connectivity index (χ3v) is 5.93. The monoisotopic (exact) mass is 340 g/mol. The van der Waals surface area contributed by atoms with E-state index in [-0.39, 0.29) is 29.7 Å². The summed E-state index contributed by atoms with van der Waals surface area (Å²) < 4.78 is 0. The molecule has 130 valence electrons. The first-order valence-corrected chi connectivity index (χ1v) is 8.54. The van der Waals surface area contributed by atoms with Gasteiger partial charge >= 0.3 is 5.97 Å². The van der Waals surface area contributed by atoms with E-state index in [0.717, 1.165) is 24.8 Å². The molecule has 2 fully saturated rings. The molecule has 3 aliphatic rings. The first-order chi connectivity index (χ1) is 11.9. The van der Waals surface area contributed by atoms with Crippen LogP contribution in [-0.4, -0.2) is 52.3 Å². The lowest BCUT2D eigenvalue weighted by Crippen LogP contribution is -2.44. The fourth-order valence-electron chi connectivity index (χ4n) is 4.19. The van der Waals surface area contributed by atoms with Crippen LogP contribution < -0.4 is 0 Å². The quantitative estimate of drug-likeness (QED) is 0.910. The average molecular weight is 340 g/mol. The molecule has 2 aliphatic heterocycles. The second-order valence-electron chi connectivity index (χ2n) is 7.22. The number of hydrogen-bond donors (Lipinski definition) is 1.